The molecule has 2 aromatic rings. The number of rotatable bonds is 3. The summed E-state index contributed by atoms with van der Waals surface area (Å²) in [4.78, 5) is 0. The highest BCUT2D eigenvalue weighted by molar-refractivity contribution is 6.42. The van der Waals surface area contributed by atoms with Gasteiger partial charge in [-0.3, -0.25) is 0 Å². The van der Waals surface area contributed by atoms with Crippen molar-refractivity contribution in [1.82, 2.24) is 0 Å². The molecule has 2 aromatic carbocycles. The van der Waals surface area contributed by atoms with E-state index < -0.39 is 0 Å². The van der Waals surface area contributed by atoms with Gasteiger partial charge in [-0.15, -0.1) is 0 Å². The Hall–Kier alpha value is -0.890. The number of benzene rings is 2. The number of halogens is 3. The third-order valence-electron chi connectivity index (χ3n) is 3.01. The Morgan fingerprint density at radius 3 is 2.47 bits per heavy atom. The van der Waals surface area contributed by atoms with Gasteiger partial charge < -0.3 is 5.32 Å². The standard InChI is InChI=1S/C15H14Cl3N/c1-9-8-11(16)6-7-14(9)19-10(2)12-4-3-5-13(17)15(12)18/h3-8,10,19H,1-2H3. The van der Waals surface area contributed by atoms with Gasteiger partial charge in [-0.25, -0.2) is 0 Å². The molecule has 0 fully saturated rings. The minimum absolute atomic E-state index is 0.0612. The molecule has 0 aliphatic heterocycles. The monoisotopic (exact) mass is 313 g/mol. The summed E-state index contributed by atoms with van der Waals surface area (Å²) >= 11 is 18.2. The summed E-state index contributed by atoms with van der Waals surface area (Å²) in [5.41, 5.74) is 3.11. The van der Waals surface area contributed by atoms with E-state index in [-0.39, 0.29) is 6.04 Å². The smallest absolute Gasteiger partial charge is 0.0644 e. The van der Waals surface area contributed by atoms with Crippen LogP contribution in [-0.2, 0) is 0 Å². The molecule has 0 aromatic heterocycles. The number of anilines is 1. The molecule has 0 amide bonds. The molecule has 0 aliphatic rings. The lowest BCUT2D eigenvalue weighted by atomic mass is 10.1. The molecular weight excluding hydrogens is 301 g/mol. The van der Waals surface area contributed by atoms with Crippen molar-refractivity contribution in [3.63, 3.8) is 0 Å². The van der Waals surface area contributed by atoms with Crippen LogP contribution in [0.5, 0.6) is 0 Å². The summed E-state index contributed by atoms with van der Waals surface area (Å²) in [6, 6.07) is 11.5. The topological polar surface area (TPSA) is 12.0 Å². The number of hydrogen-bond acceptors (Lipinski definition) is 1. The molecule has 0 saturated heterocycles. The van der Waals surface area contributed by atoms with E-state index in [1.807, 2.05) is 44.2 Å². The first-order valence-electron chi connectivity index (χ1n) is 5.95. The van der Waals surface area contributed by atoms with Crippen LogP contribution >= 0.6 is 34.8 Å². The van der Waals surface area contributed by atoms with Crippen LogP contribution in [0, 0.1) is 6.92 Å². The van der Waals surface area contributed by atoms with Crippen LogP contribution in [0.4, 0.5) is 5.69 Å². The van der Waals surface area contributed by atoms with Crippen molar-refractivity contribution in [2.75, 3.05) is 5.32 Å². The first-order valence-corrected chi connectivity index (χ1v) is 7.09. The fourth-order valence-corrected chi connectivity index (χ4v) is 2.65. The van der Waals surface area contributed by atoms with Crippen molar-refractivity contribution < 1.29 is 0 Å². The quantitative estimate of drug-likeness (QED) is 0.718. The van der Waals surface area contributed by atoms with Gasteiger partial charge in [-0.05, 0) is 49.2 Å². The zero-order chi connectivity index (χ0) is 14.0. The Morgan fingerprint density at radius 2 is 1.79 bits per heavy atom. The Labute approximate surface area is 128 Å². The van der Waals surface area contributed by atoms with Gasteiger partial charge in [0.1, 0.15) is 0 Å². The lowest BCUT2D eigenvalue weighted by Gasteiger charge is -2.19. The summed E-state index contributed by atoms with van der Waals surface area (Å²) in [6.07, 6.45) is 0. The third kappa shape index (κ3) is 3.36. The summed E-state index contributed by atoms with van der Waals surface area (Å²) in [5.74, 6) is 0. The molecule has 1 nitrogen and oxygen atoms in total. The third-order valence-corrected chi connectivity index (χ3v) is 4.08. The van der Waals surface area contributed by atoms with Gasteiger partial charge >= 0.3 is 0 Å². The van der Waals surface area contributed by atoms with E-state index >= 15 is 0 Å². The molecular formula is C15H14Cl3N. The van der Waals surface area contributed by atoms with Gasteiger partial charge in [0.2, 0.25) is 0 Å². The second-order valence-corrected chi connectivity index (χ2v) is 5.69. The Balaban J connectivity index is 2.25. The first kappa shape index (κ1) is 14.5. The van der Waals surface area contributed by atoms with Gasteiger partial charge in [0, 0.05) is 10.7 Å². The largest absolute Gasteiger partial charge is 0.378 e. The van der Waals surface area contributed by atoms with Crippen LogP contribution in [0.25, 0.3) is 0 Å². The van der Waals surface area contributed by atoms with Gasteiger partial charge in [0.05, 0.1) is 16.1 Å². The van der Waals surface area contributed by atoms with Crippen LogP contribution in [0.1, 0.15) is 24.1 Å². The molecule has 4 heteroatoms. The molecule has 0 bridgehead atoms. The molecule has 0 heterocycles. The fourth-order valence-electron chi connectivity index (χ4n) is 1.95. The van der Waals surface area contributed by atoms with Gasteiger partial charge in [-0.2, -0.15) is 0 Å². The molecule has 100 valence electrons. The summed E-state index contributed by atoms with van der Waals surface area (Å²) in [6.45, 7) is 4.06. The first-order chi connectivity index (χ1) is 8.99. The maximum atomic E-state index is 6.23. The number of hydrogen-bond donors (Lipinski definition) is 1. The molecule has 1 unspecified atom stereocenters. The second kappa shape index (κ2) is 6.04. The minimum Gasteiger partial charge on any atom is -0.378 e. The van der Waals surface area contributed by atoms with Crippen molar-refractivity contribution in [1.29, 1.82) is 0 Å². The lowest BCUT2D eigenvalue weighted by Crippen LogP contribution is -2.08. The molecule has 0 aliphatic carbocycles. The predicted molar refractivity (Wildman–Crippen MR) is 84.7 cm³/mol. The highest BCUT2D eigenvalue weighted by atomic mass is 35.5. The van der Waals surface area contributed by atoms with Crippen molar-refractivity contribution in [2.45, 2.75) is 19.9 Å². The highest BCUT2D eigenvalue weighted by Crippen LogP contribution is 2.32. The summed E-state index contributed by atoms with van der Waals surface area (Å²) in [5, 5.41) is 5.32. The lowest BCUT2D eigenvalue weighted by molar-refractivity contribution is 0.883. The average Bonchev–Trinajstić information content (AvgIpc) is 2.36. The summed E-state index contributed by atoms with van der Waals surface area (Å²) < 4.78 is 0. The molecule has 1 atom stereocenters. The van der Waals surface area contributed by atoms with Crippen molar-refractivity contribution in [2.24, 2.45) is 0 Å². The highest BCUT2D eigenvalue weighted by Gasteiger charge is 2.12. The Morgan fingerprint density at radius 1 is 1.05 bits per heavy atom. The average molecular weight is 315 g/mol. The number of nitrogens with one attached hydrogen (secondary N) is 1. The molecule has 19 heavy (non-hydrogen) atoms. The van der Waals surface area contributed by atoms with Gasteiger partial charge in [-0.1, -0.05) is 46.9 Å². The van der Waals surface area contributed by atoms with E-state index in [0.29, 0.717) is 10.0 Å². The van der Waals surface area contributed by atoms with Gasteiger partial charge in [0.15, 0.2) is 0 Å². The SMILES string of the molecule is Cc1cc(Cl)ccc1NC(C)c1cccc(Cl)c1Cl. The van der Waals surface area contributed by atoms with Gasteiger partial charge in [0.25, 0.3) is 0 Å². The molecule has 0 radical (unpaired) electrons. The zero-order valence-corrected chi connectivity index (χ0v) is 12.9. The molecule has 0 spiro atoms. The normalized spacial score (nSPS) is 12.3. The van der Waals surface area contributed by atoms with Crippen molar-refractivity contribution in [3.8, 4) is 0 Å². The van der Waals surface area contributed by atoms with E-state index in [4.69, 9.17) is 34.8 Å². The van der Waals surface area contributed by atoms with E-state index in [2.05, 4.69) is 5.32 Å². The van der Waals surface area contributed by atoms with Crippen LogP contribution in [0.15, 0.2) is 36.4 Å². The molecule has 0 saturated carbocycles. The Bertz CT molecular complexity index is 596. The molecule has 1 N–H and O–H groups in total. The molecule has 2 rings (SSSR count). The van der Waals surface area contributed by atoms with Crippen LogP contribution in [0.2, 0.25) is 15.1 Å². The van der Waals surface area contributed by atoms with E-state index in [1.54, 1.807) is 6.07 Å². The second-order valence-electron chi connectivity index (χ2n) is 4.47. The maximum Gasteiger partial charge on any atom is 0.0644 e. The van der Waals surface area contributed by atoms with E-state index in [0.717, 1.165) is 21.8 Å². The predicted octanol–water partition coefficient (Wildman–Crippen LogP) is 6.13. The van der Waals surface area contributed by atoms with Crippen molar-refractivity contribution >= 4 is 40.5 Å². The Kier molecular flexibility index (Phi) is 4.62. The van der Waals surface area contributed by atoms with E-state index in [9.17, 15) is 0 Å². The van der Waals surface area contributed by atoms with Crippen LogP contribution in [0.3, 0.4) is 0 Å². The fraction of sp³-hybridized carbons (Fsp3) is 0.200. The maximum absolute atomic E-state index is 6.23. The summed E-state index contributed by atoms with van der Waals surface area (Å²) in [7, 11) is 0. The zero-order valence-electron chi connectivity index (χ0n) is 10.7. The number of aryl methyl sites for hydroxylation is 1. The van der Waals surface area contributed by atoms with Crippen LogP contribution < -0.4 is 5.32 Å². The van der Waals surface area contributed by atoms with Crippen molar-refractivity contribution in [3.05, 3.63) is 62.6 Å². The van der Waals surface area contributed by atoms with E-state index in [1.165, 1.54) is 0 Å². The van der Waals surface area contributed by atoms with Crippen LogP contribution in [-0.4, -0.2) is 0 Å². The minimum atomic E-state index is 0.0612.